The van der Waals surface area contributed by atoms with Crippen LogP contribution in [0, 0.1) is 29.6 Å². The van der Waals surface area contributed by atoms with Crippen LogP contribution in [-0.2, 0) is 43.0 Å². The van der Waals surface area contributed by atoms with Gasteiger partial charge in [-0.15, -0.1) is 0 Å². The third-order valence-electron chi connectivity index (χ3n) is 10.7. The topological polar surface area (TPSA) is 192 Å². The summed E-state index contributed by atoms with van der Waals surface area (Å²) in [6.07, 6.45) is 0.989. The highest BCUT2D eigenvalue weighted by Gasteiger charge is 2.39. The second-order valence-electron chi connectivity index (χ2n) is 17.3. The Hall–Kier alpha value is -4.27. The van der Waals surface area contributed by atoms with Crippen molar-refractivity contribution in [3.63, 3.8) is 0 Å². The van der Waals surface area contributed by atoms with Crippen LogP contribution < -0.4 is 10.6 Å². The minimum atomic E-state index is -1.28. The van der Waals surface area contributed by atoms with Crippen molar-refractivity contribution in [2.75, 3.05) is 27.7 Å². The maximum Gasteiger partial charge on any atom is 0.334 e. The molecule has 0 bridgehead atoms. The highest BCUT2D eigenvalue weighted by molar-refractivity contribution is 5.96. The van der Waals surface area contributed by atoms with Gasteiger partial charge in [-0.1, -0.05) is 81.4 Å². The lowest BCUT2D eigenvalue weighted by molar-refractivity contribution is -0.160. The van der Waals surface area contributed by atoms with Crippen molar-refractivity contribution < 1.29 is 48.1 Å². The number of esters is 2. The molecular weight excluding hydrogens is 746 g/mol. The molecule has 58 heavy (non-hydrogen) atoms. The van der Waals surface area contributed by atoms with Gasteiger partial charge in [-0.25, -0.2) is 9.59 Å². The Balaban J connectivity index is 3.84. The third-order valence-corrected chi connectivity index (χ3v) is 10.7. The lowest BCUT2D eigenvalue weighted by atomic mass is 9.90. The number of nitrogens with zero attached hydrogens (tertiary/aromatic N) is 3. The number of amides is 5. The van der Waals surface area contributed by atoms with Gasteiger partial charge in [-0.05, 0) is 69.3 Å². The number of cyclic esters (lactones) is 2. The summed E-state index contributed by atoms with van der Waals surface area (Å²) in [6, 6.07) is -4.25. The van der Waals surface area contributed by atoms with Gasteiger partial charge in [0.2, 0.25) is 23.6 Å². The fourth-order valence-corrected chi connectivity index (χ4v) is 6.62. The lowest BCUT2D eigenvalue weighted by Crippen LogP contribution is -2.59. The van der Waals surface area contributed by atoms with E-state index in [1.54, 1.807) is 55.4 Å². The van der Waals surface area contributed by atoms with Crippen molar-refractivity contribution >= 4 is 41.5 Å². The monoisotopic (exact) mass is 820 g/mol. The second-order valence-corrected chi connectivity index (χ2v) is 17.3. The van der Waals surface area contributed by atoms with Gasteiger partial charge in [0, 0.05) is 32.6 Å². The number of allylic oxidation sites excluding steroid dienone is 1. The number of hydrogen-bond donors (Lipinski definition) is 3. The van der Waals surface area contributed by atoms with Crippen molar-refractivity contribution in [1.29, 1.82) is 0 Å². The molecule has 0 aliphatic carbocycles. The Morgan fingerprint density at radius 1 is 0.828 bits per heavy atom. The Morgan fingerprint density at radius 2 is 1.36 bits per heavy atom. The van der Waals surface area contributed by atoms with E-state index in [0.29, 0.717) is 12.0 Å². The number of nitrogens with one attached hydrogen (secondary N) is 2. The first-order chi connectivity index (χ1) is 26.8. The third kappa shape index (κ3) is 14.5. The Bertz CT molecular complexity index is 1520. The smallest absolute Gasteiger partial charge is 0.334 e. The molecule has 8 atom stereocenters. The molecule has 15 nitrogen and oxygen atoms in total. The van der Waals surface area contributed by atoms with E-state index >= 15 is 0 Å². The molecule has 0 aromatic carbocycles. The van der Waals surface area contributed by atoms with Crippen LogP contribution in [0.15, 0.2) is 23.3 Å². The molecule has 0 saturated carbocycles. The zero-order valence-corrected chi connectivity index (χ0v) is 37.9. The summed E-state index contributed by atoms with van der Waals surface area (Å²) in [5.74, 6) is -6.47. The summed E-state index contributed by atoms with van der Waals surface area (Å²) >= 11 is 0. The van der Waals surface area contributed by atoms with Crippen LogP contribution in [-0.4, -0.2) is 131 Å². The molecule has 0 spiro atoms. The van der Waals surface area contributed by atoms with Gasteiger partial charge in [0.1, 0.15) is 30.3 Å². The Labute approximate surface area is 346 Å². The van der Waals surface area contributed by atoms with Gasteiger partial charge in [0.05, 0.1) is 12.6 Å². The highest BCUT2D eigenvalue weighted by atomic mass is 16.6. The van der Waals surface area contributed by atoms with E-state index in [1.807, 2.05) is 26.8 Å². The number of rotatable bonds is 7. The maximum atomic E-state index is 14.1. The number of likely N-dealkylation sites (N-methyl/N-ethyl adjacent to an activating group) is 3. The molecule has 330 valence electrons. The first-order valence-corrected chi connectivity index (χ1v) is 20.6. The van der Waals surface area contributed by atoms with E-state index in [0.717, 1.165) is 0 Å². The molecule has 0 aromatic heterocycles. The molecule has 0 saturated heterocycles. The standard InChI is InChI=1S/C43H73N5O10/c1-17-18-27(10)37-29(12)32(49)20-19-28(11)42(55)57-36(26(8)9)38(51)45-35(25(6)7)41(54)48(16)31(21-23(2)3)39(52)46(14)22-33(50)44-34(24(4)5)40(53)47(15)30(13)43(56)58-37/h18-19,23-26,29-32,34-37,49H,17,20-22H2,1-16H3,(H,44,50)(H,45,51)/b27-18+,28-19+/t29-,30?,31+,32-,34?,35-,36+,37+/m0/s1. The van der Waals surface area contributed by atoms with Crippen molar-refractivity contribution in [3.05, 3.63) is 23.3 Å². The summed E-state index contributed by atoms with van der Waals surface area (Å²) in [5, 5.41) is 16.8. The van der Waals surface area contributed by atoms with E-state index in [4.69, 9.17) is 9.47 Å². The zero-order chi connectivity index (χ0) is 44.9. The van der Waals surface area contributed by atoms with Gasteiger partial charge in [-0.2, -0.15) is 0 Å². The molecule has 1 aliphatic rings. The Morgan fingerprint density at radius 3 is 1.86 bits per heavy atom. The van der Waals surface area contributed by atoms with Crippen LogP contribution >= 0.6 is 0 Å². The Kier molecular flexibility index (Phi) is 20.8. The van der Waals surface area contributed by atoms with Crippen LogP contribution in [0.25, 0.3) is 0 Å². The average Bonchev–Trinajstić information content (AvgIpc) is 3.14. The van der Waals surface area contributed by atoms with Crippen molar-refractivity contribution in [1.82, 2.24) is 25.3 Å². The molecule has 5 amide bonds. The zero-order valence-electron chi connectivity index (χ0n) is 37.9. The largest absolute Gasteiger partial charge is 0.456 e. The SMILES string of the molecule is CC/C=C(\C)[C@H]1OC(=O)C(C)N(C)C(=O)C(C(C)C)NC(=O)CN(C)C(=O)[C@@H](CC(C)C)N(C)C(=O)[C@H](C(C)C)NC(=O)[C@@H](C(C)C)OC(=O)/C(C)=C/C[C@H](O)[C@@H]1C. The van der Waals surface area contributed by atoms with Crippen LogP contribution in [0.3, 0.4) is 0 Å². The molecule has 1 heterocycles. The number of carbonyl (C=O) groups excluding carboxylic acids is 7. The number of aliphatic hydroxyl groups excluding tert-OH is 1. The van der Waals surface area contributed by atoms with Crippen molar-refractivity contribution in [2.24, 2.45) is 29.6 Å². The quantitative estimate of drug-likeness (QED) is 0.253. The van der Waals surface area contributed by atoms with E-state index in [9.17, 15) is 38.7 Å². The molecule has 0 radical (unpaired) electrons. The van der Waals surface area contributed by atoms with Crippen LogP contribution in [0.1, 0.15) is 109 Å². The average molecular weight is 820 g/mol. The van der Waals surface area contributed by atoms with Gasteiger partial charge in [-0.3, -0.25) is 24.0 Å². The molecule has 0 fully saturated rings. The maximum absolute atomic E-state index is 14.1. The number of aliphatic hydroxyl groups is 1. The number of hydrogen-bond acceptors (Lipinski definition) is 10. The predicted molar refractivity (Wildman–Crippen MR) is 222 cm³/mol. The van der Waals surface area contributed by atoms with E-state index in [2.05, 4.69) is 10.6 Å². The molecular formula is C43H73N5O10. The molecule has 1 aliphatic heterocycles. The van der Waals surface area contributed by atoms with Crippen molar-refractivity contribution in [2.45, 2.75) is 152 Å². The molecule has 3 N–H and O–H groups in total. The first-order valence-electron chi connectivity index (χ1n) is 20.6. The number of carbonyl (C=O) groups is 7. The van der Waals surface area contributed by atoms with Crippen LogP contribution in [0.4, 0.5) is 0 Å². The normalized spacial score (nSPS) is 29.1. The van der Waals surface area contributed by atoms with Crippen LogP contribution in [0.5, 0.6) is 0 Å². The van der Waals surface area contributed by atoms with E-state index in [-0.39, 0.29) is 24.3 Å². The molecule has 0 aromatic rings. The summed E-state index contributed by atoms with van der Waals surface area (Å²) in [6.45, 7) is 22.2. The second kappa shape index (κ2) is 23.4. The minimum Gasteiger partial charge on any atom is -0.456 e. The van der Waals surface area contributed by atoms with Crippen molar-refractivity contribution in [3.8, 4) is 0 Å². The lowest BCUT2D eigenvalue weighted by Gasteiger charge is -2.36. The van der Waals surface area contributed by atoms with Gasteiger partial charge in [0.25, 0.3) is 5.91 Å². The predicted octanol–water partition coefficient (Wildman–Crippen LogP) is 3.63. The fraction of sp³-hybridized carbons (Fsp3) is 0.744. The summed E-state index contributed by atoms with van der Waals surface area (Å²) in [4.78, 5) is 99.9. The summed E-state index contributed by atoms with van der Waals surface area (Å²) in [7, 11) is 4.34. The molecule has 2 unspecified atom stereocenters. The minimum absolute atomic E-state index is 0.0144. The van der Waals surface area contributed by atoms with E-state index in [1.165, 1.54) is 55.8 Å². The first kappa shape index (κ1) is 51.7. The van der Waals surface area contributed by atoms with Gasteiger partial charge < -0.3 is 39.9 Å². The summed E-state index contributed by atoms with van der Waals surface area (Å²) in [5.41, 5.74) is 0.824. The van der Waals surface area contributed by atoms with Gasteiger partial charge in [0.15, 0.2) is 6.10 Å². The van der Waals surface area contributed by atoms with Gasteiger partial charge >= 0.3 is 11.9 Å². The fourth-order valence-electron chi connectivity index (χ4n) is 6.62. The highest BCUT2D eigenvalue weighted by Crippen LogP contribution is 2.25. The molecule has 15 heteroatoms. The number of ether oxygens (including phenoxy) is 2. The van der Waals surface area contributed by atoms with Crippen LogP contribution in [0.2, 0.25) is 0 Å². The molecule has 1 rings (SSSR count). The van der Waals surface area contributed by atoms with E-state index < -0.39 is 114 Å². The summed E-state index contributed by atoms with van der Waals surface area (Å²) < 4.78 is 11.7.